The minimum Gasteiger partial charge on any atom is -0.375 e. The topological polar surface area (TPSA) is 82.0 Å². The lowest BCUT2D eigenvalue weighted by atomic mass is 10.0. The molecule has 0 aliphatic carbocycles. The number of carbonyl (C=O) groups is 1. The van der Waals surface area contributed by atoms with Gasteiger partial charge in [0.05, 0.1) is 5.69 Å². The molecule has 0 radical (unpaired) electrons. The summed E-state index contributed by atoms with van der Waals surface area (Å²) in [5, 5.41) is 2.49. The van der Waals surface area contributed by atoms with E-state index in [4.69, 9.17) is 11.5 Å². The molecule has 0 bridgehead atoms. The first-order chi connectivity index (χ1) is 6.09. The Morgan fingerprint density at radius 1 is 1.77 bits per heavy atom. The van der Waals surface area contributed by atoms with E-state index in [0.29, 0.717) is 11.6 Å². The molecule has 1 aromatic rings. The van der Waals surface area contributed by atoms with Crippen molar-refractivity contribution >= 4 is 22.4 Å². The Morgan fingerprint density at radius 3 is 2.92 bits per heavy atom. The molecule has 1 unspecified atom stereocenters. The number of nitrogens with two attached hydrogens (primary N) is 2. The van der Waals surface area contributed by atoms with Crippen LogP contribution in [0.2, 0.25) is 0 Å². The molecule has 0 saturated heterocycles. The minimum absolute atomic E-state index is 0.251. The van der Waals surface area contributed by atoms with Crippen LogP contribution in [0.25, 0.3) is 0 Å². The van der Waals surface area contributed by atoms with E-state index in [1.165, 1.54) is 11.3 Å². The van der Waals surface area contributed by atoms with Gasteiger partial charge in [-0.05, 0) is 12.3 Å². The van der Waals surface area contributed by atoms with Gasteiger partial charge < -0.3 is 11.5 Å². The number of nitrogen functional groups attached to an aromatic ring is 1. The van der Waals surface area contributed by atoms with Crippen LogP contribution in [-0.2, 0) is 4.79 Å². The third kappa shape index (κ3) is 3.02. The lowest BCUT2D eigenvalue weighted by molar-refractivity contribution is -0.118. The number of aromatic nitrogens is 1. The Bertz CT molecular complexity index is 297. The van der Waals surface area contributed by atoms with Gasteiger partial charge in [-0.15, -0.1) is 11.3 Å². The zero-order chi connectivity index (χ0) is 9.84. The molecule has 1 heterocycles. The van der Waals surface area contributed by atoms with E-state index < -0.39 is 0 Å². The van der Waals surface area contributed by atoms with Crippen molar-refractivity contribution < 1.29 is 4.79 Å². The summed E-state index contributed by atoms with van der Waals surface area (Å²) in [4.78, 5) is 14.7. The summed E-state index contributed by atoms with van der Waals surface area (Å²) >= 11 is 1.42. The first-order valence-corrected chi connectivity index (χ1v) is 4.96. The average Bonchev–Trinajstić information content (AvgIpc) is 2.47. The van der Waals surface area contributed by atoms with Crippen LogP contribution in [0, 0.1) is 0 Å². The van der Waals surface area contributed by atoms with Gasteiger partial charge in [-0.2, -0.15) is 0 Å². The van der Waals surface area contributed by atoms with Crippen molar-refractivity contribution in [3.63, 3.8) is 0 Å². The Morgan fingerprint density at radius 2 is 2.46 bits per heavy atom. The molecule has 1 aromatic heterocycles. The van der Waals surface area contributed by atoms with E-state index in [2.05, 4.69) is 4.98 Å². The van der Waals surface area contributed by atoms with Gasteiger partial charge in [0.25, 0.3) is 0 Å². The maximum atomic E-state index is 10.5. The quantitative estimate of drug-likeness (QED) is 0.761. The predicted octanol–water partition coefficient (Wildman–Crippen LogP) is 1.09. The van der Waals surface area contributed by atoms with E-state index >= 15 is 0 Å². The van der Waals surface area contributed by atoms with Gasteiger partial charge in [0.2, 0.25) is 5.91 Å². The fourth-order valence-electron chi connectivity index (χ4n) is 1.03. The molecular weight excluding hydrogens is 186 g/mol. The van der Waals surface area contributed by atoms with Gasteiger partial charge in [-0.3, -0.25) is 4.79 Å². The van der Waals surface area contributed by atoms with Crippen molar-refractivity contribution in [3.05, 3.63) is 11.1 Å². The average molecular weight is 199 g/mol. The molecule has 1 rings (SSSR count). The van der Waals surface area contributed by atoms with Crippen molar-refractivity contribution in [2.24, 2.45) is 5.73 Å². The Balaban J connectivity index is 2.48. The zero-order valence-electron chi connectivity index (χ0n) is 7.49. The van der Waals surface area contributed by atoms with Gasteiger partial charge >= 0.3 is 0 Å². The highest BCUT2D eigenvalue weighted by Crippen LogP contribution is 2.23. The molecule has 72 valence electrons. The number of amides is 1. The van der Waals surface area contributed by atoms with Crippen LogP contribution in [0.15, 0.2) is 5.38 Å². The van der Waals surface area contributed by atoms with Crippen LogP contribution in [0.5, 0.6) is 0 Å². The van der Waals surface area contributed by atoms with E-state index in [1.807, 2.05) is 12.3 Å². The highest BCUT2D eigenvalue weighted by molar-refractivity contribution is 7.13. The Hall–Kier alpha value is -1.10. The summed E-state index contributed by atoms with van der Waals surface area (Å²) < 4.78 is 0. The van der Waals surface area contributed by atoms with Crippen LogP contribution >= 0.6 is 11.3 Å². The molecule has 1 amide bonds. The molecular formula is C8H13N3OS. The zero-order valence-corrected chi connectivity index (χ0v) is 8.30. The van der Waals surface area contributed by atoms with Gasteiger partial charge in [0.1, 0.15) is 0 Å². The van der Waals surface area contributed by atoms with Crippen LogP contribution < -0.4 is 11.5 Å². The lowest BCUT2D eigenvalue weighted by Gasteiger charge is -2.05. The number of hydrogen-bond donors (Lipinski definition) is 2. The number of nitrogens with zero attached hydrogens (tertiary/aromatic N) is 1. The predicted molar refractivity (Wildman–Crippen MR) is 53.4 cm³/mol. The van der Waals surface area contributed by atoms with Gasteiger partial charge in [-0.25, -0.2) is 4.98 Å². The van der Waals surface area contributed by atoms with E-state index in [0.717, 1.165) is 12.1 Å². The first-order valence-electron chi connectivity index (χ1n) is 4.09. The largest absolute Gasteiger partial charge is 0.375 e. The summed E-state index contributed by atoms with van der Waals surface area (Å²) in [6.07, 6.45) is 1.14. The second-order valence-electron chi connectivity index (χ2n) is 3.02. The standard InChI is InChI=1S/C8H13N3OS/c1-5(2-3-7(9)12)6-4-13-8(10)11-6/h4-5H,2-3H2,1H3,(H2,9,12)(H2,10,11). The Labute approximate surface area is 81.0 Å². The van der Waals surface area contributed by atoms with Crippen molar-refractivity contribution in [3.8, 4) is 0 Å². The molecule has 0 aromatic carbocycles. The maximum absolute atomic E-state index is 10.5. The fourth-order valence-corrected chi connectivity index (χ4v) is 1.72. The molecule has 0 saturated carbocycles. The molecule has 0 fully saturated rings. The SMILES string of the molecule is CC(CCC(N)=O)c1csc(N)n1. The van der Waals surface area contributed by atoms with E-state index in [1.54, 1.807) is 0 Å². The van der Waals surface area contributed by atoms with Crippen molar-refractivity contribution in [2.75, 3.05) is 5.73 Å². The van der Waals surface area contributed by atoms with Crippen LogP contribution in [0.3, 0.4) is 0 Å². The second kappa shape index (κ2) is 4.23. The second-order valence-corrected chi connectivity index (χ2v) is 3.91. The van der Waals surface area contributed by atoms with Crippen molar-refractivity contribution in [2.45, 2.75) is 25.7 Å². The molecule has 5 heteroatoms. The molecule has 4 N–H and O–H groups in total. The van der Waals surface area contributed by atoms with Crippen LogP contribution in [0.4, 0.5) is 5.13 Å². The van der Waals surface area contributed by atoms with Crippen molar-refractivity contribution in [1.29, 1.82) is 0 Å². The number of carbonyl (C=O) groups excluding carboxylic acids is 1. The molecule has 0 aliphatic rings. The van der Waals surface area contributed by atoms with E-state index in [9.17, 15) is 4.79 Å². The van der Waals surface area contributed by atoms with Crippen molar-refractivity contribution in [1.82, 2.24) is 4.98 Å². The molecule has 0 aliphatic heterocycles. The highest BCUT2D eigenvalue weighted by Gasteiger charge is 2.09. The summed E-state index contributed by atoms with van der Waals surface area (Å²) in [6, 6.07) is 0. The van der Waals surface area contributed by atoms with E-state index in [-0.39, 0.29) is 11.8 Å². The number of rotatable bonds is 4. The van der Waals surface area contributed by atoms with Gasteiger partial charge in [0, 0.05) is 11.8 Å². The highest BCUT2D eigenvalue weighted by atomic mass is 32.1. The van der Waals surface area contributed by atoms with Crippen LogP contribution in [0.1, 0.15) is 31.4 Å². The third-order valence-electron chi connectivity index (χ3n) is 1.87. The van der Waals surface area contributed by atoms with Crippen LogP contribution in [-0.4, -0.2) is 10.9 Å². The Kier molecular flexibility index (Phi) is 3.25. The maximum Gasteiger partial charge on any atom is 0.217 e. The summed E-state index contributed by atoms with van der Waals surface area (Å²) in [6.45, 7) is 2.01. The smallest absolute Gasteiger partial charge is 0.217 e. The fraction of sp³-hybridized carbons (Fsp3) is 0.500. The summed E-state index contributed by atoms with van der Waals surface area (Å²) in [5.74, 6) is -0.0175. The first kappa shape index (κ1) is 9.98. The summed E-state index contributed by atoms with van der Waals surface area (Å²) in [5.41, 5.74) is 11.5. The molecule has 0 spiro atoms. The number of primary amides is 1. The third-order valence-corrected chi connectivity index (χ3v) is 2.56. The normalized spacial score (nSPS) is 12.7. The molecule has 4 nitrogen and oxygen atoms in total. The molecule has 1 atom stereocenters. The van der Waals surface area contributed by atoms with Gasteiger partial charge in [0.15, 0.2) is 5.13 Å². The molecule has 13 heavy (non-hydrogen) atoms. The minimum atomic E-state index is -0.268. The lowest BCUT2D eigenvalue weighted by Crippen LogP contribution is -2.11. The van der Waals surface area contributed by atoms with Gasteiger partial charge in [-0.1, -0.05) is 6.92 Å². The number of anilines is 1. The number of hydrogen-bond acceptors (Lipinski definition) is 4. The monoisotopic (exact) mass is 199 g/mol. The summed E-state index contributed by atoms with van der Waals surface area (Å²) in [7, 11) is 0. The number of thiazole rings is 1.